The minimum atomic E-state index is -4.77. The normalized spacial score (nSPS) is 11.4. The van der Waals surface area contributed by atoms with Crippen molar-refractivity contribution in [3.63, 3.8) is 0 Å². The Morgan fingerprint density at radius 2 is 1.94 bits per heavy atom. The summed E-state index contributed by atoms with van der Waals surface area (Å²) in [5.74, 6) is -0.722. The van der Waals surface area contributed by atoms with Crippen LogP contribution >= 0.6 is 15.9 Å². The van der Waals surface area contributed by atoms with E-state index in [9.17, 15) is 18.0 Å². The summed E-state index contributed by atoms with van der Waals surface area (Å²) in [6, 6.07) is 2.56. The van der Waals surface area contributed by atoms with Gasteiger partial charge in [-0.1, -0.05) is 0 Å². The molecule has 6 heteroatoms. The Bertz CT molecular complexity index is 427. The molecule has 88 valence electrons. The maximum absolute atomic E-state index is 12.1. The summed E-state index contributed by atoms with van der Waals surface area (Å²) in [6.07, 6.45) is -4.77. The van der Waals surface area contributed by atoms with Crippen LogP contribution in [0.3, 0.4) is 0 Å². The highest BCUT2D eigenvalue weighted by Gasteiger charge is 2.32. The molecule has 0 aliphatic rings. The average Bonchev–Trinajstić information content (AvgIpc) is 2.10. The fraction of sp³-hybridized carbons (Fsp3) is 0.300. The van der Waals surface area contributed by atoms with Crippen LogP contribution in [0.25, 0.3) is 0 Å². The van der Waals surface area contributed by atoms with Crippen molar-refractivity contribution in [3.05, 3.63) is 27.7 Å². The van der Waals surface area contributed by atoms with E-state index in [4.69, 9.17) is 0 Å². The second-order valence-electron chi connectivity index (χ2n) is 3.21. The molecule has 16 heavy (non-hydrogen) atoms. The van der Waals surface area contributed by atoms with Gasteiger partial charge in [0, 0.05) is 5.56 Å². The Morgan fingerprint density at radius 3 is 2.38 bits per heavy atom. The van der Waals surface area contributed by atoms with Crippen molar-refractivity contribution in [2.75, 3.05) is 0 Å². The molecule has 0 radical (unpaired) electrons. The second-order valence-corrected chi connectivity index (χ2v) is 4.00. The standard InChI is InChI=1S/C10H8BrF3O2/c1-5-3-7(6(2)15)4-8(9(5)11)16-10(12,13)14/h3-4H,1-2H3. The van der Waals surface area contributed by atoms with E-state index in [1.807, 2.05) is 0 Å². The van der Waals surface area contributed by atoms with Crippen molar-refractivity contribution in [1.29, 1.82) is 0 Å². The van der Waals surface area contributed by atoms with Crippen LogP contribution in [0.4, 0.5) is 13.2 Å². The topological polar surface area (TPSA) is 26.3 Å². The molecular formula is C10H8BrF3O2. The number of halogens is 4. The molecule has 0 heterocycles. The van der Waals surface area contributed by atoms with Crippen LogP contribution in [0.15, 0.2) is 16.6 Å². The number of rotatable bonds is 2. The summed E-state index contributed by atoms with van der Waals surface area (Å²) in [4.78, 5) is 11.1. The molecule has 0 spiro atoms. The Morgan fingerprint density at radius 1 is 1.38 bits per heavy atom. The molecule has 0 saturated carbocycles. The number of Topliss-reactive ketones (excluding diaryl/α,β-unsaturated/α-hetero) is 1. The minimum Gasteiger partial charge on any atom is -0.405 e. The minimum absolute atomic E-state index is 0.181. The molecule has 0 bridgehead atoms. The molecular weight excluding hydrogens is 289 g/mol. The lowest BCUT2D eigenvalue weighted by Crippen LogP contribution is -2.18. The molecule has 0 fully saturated rings. The third-order valence-corrected chi connectivity index (χ3v) is 2.87. The molecule has 0 N–H and O–H groups in total. The van der Waals surface area contributed by atoms with Crippen LogP contribution in [-0.2, 0) is 0 Å². The van der Waals surface area contributed by atoms with Crippen LogP contribution in [0.5, 0.6) is 5.75 Å². The molecule has 0 unspecified atom stereocenters. The Labute approximate surface area is 98.5 Å². The predicted molar refractivity (Wildman–Crippen MR) is 55.6 cm³/mol. The van der Waals surface area contributed by atoms with Gasteiger partial charge < -0.3 is 4.74 Å². The van der Waals surface area contributed by atoms with E-state index in [0.29, 0.717) is 5.56 Å². The highest BCUT2D eigenvalue weighted by Crippen LogP contribution is 2.34. The SMILES string of the molecule is CC(=O)c1cc(C)c(Br)c(OC(F)(F)F)c1. The first-order valence-corrected chi connectivity index (χ1v) is 5.07. The molecule has 1 aromatic carbocycles. The van der Waals surface area contributed by atoms with Gasteiger partial charge in [0.25, 0.3) is 0 Å². The third kappa shape index (κ3) is 3.23. The summed E-state index contributed by atoms with van der Waals surface area (Å²) < 4.78 is 40.2. The smallest absolute Gasteiger partial charge is 0.405 e. The molecule has 0 aliphatic carbocycles. The van der Waals surface area contributed by atoms with E-state index in [1.54, 1.807) is 6.92 Å². The third-order valence-electron chi connectivity index (χ3n) is 1.85. The van der Waals surface area contributed by atoms with Gasteiger partial charge in [-0.2, -0.15) is 0 Å². The molecule has 2 nitrogen and oxygen atoms in total. The fourth-order valence-electron chi connectivity index (χ4n) is 1.14. The molecule has 0 aromatic heterocycles. The van der Waals surface area contributed by atoms with Crippen molar-refractivity contribution >= 4 is 21.7 Å². The summed E-state index contributed by atoms with van der Waals surface area (Å²) in [6.45, 7) is 2.86. The number of benzene rings is 1. The number of carbonyl (C=O) groups excluding carboxylic acids is 1. The lowest BCUT2D eigenvalue weighted by molar-refractivity contribution is -0.274. The monoisotopic (exact) mass is 296 g/mol. The zero-order valence-electron chi connectivity index (χ0n) is 8.48. The van der Waals surface area contributed by atoms with Crippen LogP contribution in [-0.4, -0.2) is 12.1 Å². The van der Waals surface area contributed by atoms with Crippen molar-refractivity contribution < 1.29 is 22.7 Å². The lowest BCUT2D eigenvalue weighted by Gasteiger charge is -2.13. The van der Waals surface area contributed by atoms with Gasteiger partial charge >= 0.3 is 6.36 Å². The Balaban J connectivity index is 3.22. The molecule has 0 saturated heterocycles. The molecule has 1 rings (SSSR count). The summed E-state index contributed by atoms with van der Waals surface area (Å²) >= 11 is 2.98. The van der Waals surface area contributed by atoms with Crippen molar-refractivity contribution in [3.8, 4) is 5.75 Å². The van der Waals surface area contributed by atoms with E-state index < -0.39 is 12.1 Å². The van der Waals surface area contributed by atoms with Gasteiger partial charge in [0.05, 0.1) is 4.47 Å². The van der Waals surface area contributed by atoms with Gasteiger partial charge in [-0.25, -0.2) is 0 Å². The number of hydrogen-bond donors (Lipinski definition) is 0. The Kier molecular flexibility index (Phi) is 3.62. The number of ether oxygens (including phenoxy) is 1. The van der Waals surface area contributed by atoms with Crippen LogP contribution in [0.1, 0.15) is 22.8 Å². The number of hydrogen-bond acceptors (Lipinski definition) is 2. The molecule has 0 aliphatic heterocycles. The second kappa shape index (κ2) is 4.45. The maximum atomic E-state index is 12.1. The highest BCUT2D eigenvalue weighted by atomic mass is 79.9. The lowest BCUT2D eigenvalue weighted by atomic mass is 10.1. The number of alkyl halides is 3. The van der Waals surface area contributed by atoms with Crippen molar-refractivity contribution in [1.82, 2.24) is 0 Å². The van der Waals surface area contributed by atoms with Gasteiger partial charge in [-0.3, -0.25) is 4.79 Å². The van der Waals surface area contributed by atoms with Gasteiger partial charge in [0.15, 0.2) is 5.78 Å². The van der Waals surface area contributed by atoms with Gasteiger partial charge in [-0.15, -0.1) is 13.2 Å². The summed E-state index contributed by atoms with van der Waals surface area (Å²) in [5, 5.41) is 0. The van der Waals surface area contributed by atoms with Gasteiger partial charge in [0.2, 0.25) is 0 Å². The number of ketones is 1. The van der Waals surface area contributed by atoms with E-state index in [0.717, 1.165) is 6.07 Å². The molecule has 0 atom stereocenters. The summed E-state index contributed by atoms with van der Waals surface area (Å²) in [7, 11) is 0. The van der Waals surface area contributed by atoms with E-state index in [1.165, 1.54) is 13.0 Å². The van der Waals surface area contributed by atoms with E-state index in [2.05, 4.69) is 20.7 Å². The van der Waals surface area contributed by atoms with Crippen LogP contribution in [0, 0.1) is 6.92 Å². The Hall–Kier alpha value is -1.04. The first-order chi connectivity index (χ1) is 7.20. The van der Waals surface area contributed by atoms with Gasteiger partial charge in [0.1, 0.15) is 5.75 Å². The molecule has 1 aromatic rings. The maximum Gasteiger partial charge on any atom is 0.573 e. The van der Waals surface area contributed by atoms with E-state index in [-0.39, 0.29) is 15.8 Å². The highest BCUT2D eigenvalue weighted by molar-refractivity contribution is 9.10. The zero-order chi connectivity index (χ0) is 12.5. The first kappa shape index (κ1) is 13.0. The largest absolute Gasteiger partial charge is 0.573 e. The number of carbonyl (C=O) groups is 1. The van der Waals surface area contributed by atoms with Gasteiger partial charge in [-0.05, 0) is 47.5 Å². The van der Waals surface area contributed by atoms with Crippen LogP contribution < -0.4 is 4.74 Å². The van der Waals surface area contributed by atoms with Crippen molar-refractivity contribution in [2.24, 2.45) is 0 Å². The first-order valence-electron chi connectivity index (χ1n) is 4.27. The van der Waals surface area contributed by atoms with Crippen LogP contribution in [0.2, 0.25) is 0 Å². The summed E-state index contributed by atoms with van der Waals surface area (Å²) in [5.41, 5.74) is 0.687. The fourth-order valence-corrected chi connectivity index (χ4v) is 1.45. The predicted octanol–water partition coefficient (Wildman–Crippen LogP) is 3.86. The quantitative estimate of drug-likeness (QED) is 0.775. The molecule has 0 amide bonds. The average molecular weight is 297 g/mol. The van der Waals surface area contributed by atoms with Crippen molar-refractivity contribution in [2.45, 2.75) is 20.2 Å². The zero-order valence-corrected chi connectivity index (χ0v) is 10.1. The number of aryl methyl sites for hydroxylation is 1. The van der Waals surface area contributed by atoms with E-state index >= 15 is 0 Å².